The highest BCUT2D eigenvalue weighted by Crippen LogP contribution is 2.33. The van der Waals surface area contributed by atoms with Gasteiger partial charge in [-0.2, -0.15) is 23.5 Å². The van der Waals surface area contributed by atoms with Gasteiger partial charge in [-0.05, 0) is 31.2 Å². The minimum absolute atomic E-state index is 0.125. The fraction of sp³-hybridized carbons (Fsp3) is 0.111. The molecule has 0 saturated carbocycles. The molecule has 126 valence electrons. The Kier molecular flexibility index (Phi) is 3.97. The van der Waals surface area contributed by atoms with E-state index >= 15 is 0 Å². The molecular formula is C18H13F3N4. The third-order valence-corrected chi connectivity index (χ3v) is 3.80. The first-order chi connectivity index (χ1) is 11.8. The van der Waals surface area contributed by atoms with Crippen molar-refractivity contribution in [1.29, 1.82) is 5.26 Å². The molecule has 3 aromatic rings. The lowest BCUT2D eigenvalue weighted by Crippen LogP contribution is -2.04. The minimum atomic E-state index is -4.42. The molecule has 0 radical (unpaired) electrons. The smallest absolute Gasteiger partial charge is 0.382 e. The van der Waals surface area contributed by atoms with Gasteiger partial charge in [-0.15, -0.1) is 0 Å². The van der Waals surface area contributed by atoms with Crippen LogP contribution in [-0.4, -0.2) is 9.78 Å². The first-order valence-electron chi connectivity index (χ1n) is 7.34. The Morgan fingerprint density at radius 1 is 1.04 bits per heavy atom. The maximum Gasteiger partial charge on any atom is 0.416 e. The number of benzene rings is 2. The number of hydrogen-bond donors (Lipinski definition) is 1. The zero-order valence-corrected chi connectivity index (χ0v) is 13.2. The van der Waals surface area contributed by atoms with E-state index in [-0.39, 0.29) is 17.1 Å². The molecule has 0 aliphatic carbocycles. The molecular weight excluding hydrogens is 329 g/mol. The van der Waals surface area contributed by atoms with Crippen LogP contribution in [0.25, 0.3) is 16.9 Å². The maximum absolute atomic E-state index is 12.7. The van der Waals surface area contributed by atoms with Crippen LogP contribution in [0, 0.1) is 18.3 Å². The molecule has 0 aliphatic heterocycles. The third kappa shape index (κ3) is 3.06. The van der Waals surface area contributed by atoms with E-state index in [2.05, 4.69) is 5.10 Å². The van der Waals surface area contributed by atoms with Crippen LogP contribution in [0.15, 0.2) is 48.5 Å². The van der Waals surface area contributed by atoms with Gasteiger partial charge in [0.15, 0.2) is 0 Å². The van der Waals surface area contributed by atoms with E-state index in [1.165, 1.54) is 16.8 Å². The molecule has 0 amide bonds. The molecule has 0 unspecified atom stereocenters. The number of nitriles is 1. The van der Waals surface area contributed by atoms with Crippen molar-refractivity contribution in [3.8, 4) is 23.0 Å². The second-order valence-corrected chi connectivity index (χ2v) is 5.54. The molecule has 3 rings (SSSR count). The third-order valence-electron chi connectivity index (χ3n) is 3.80. The van der Waals surface area contributed by atoms with Crippen molar-refractivity contribution in [3.63, 3.8) is 0 Å². The van der Waals surface area contributed by atoms with Gasteiger partial charge in [0.2, 0.25) is 0 Å². The molecule has 0 spiro atoms. The standard InChI is InChI=1S/C18H13F3N4/c1-11-2-8-14(9-3-11)25-17(23)15(10-22)16(24-25)12-4-6-13(7-5-12)18(19,20)21/h2-9H,23H2,1H3. The van der Waals surface area contributed by atoms with Crippen molar-refractivity contribution < 1.29 is 13.2 Å². The Bertz CT molecular complexity index is 946. The van der Waals surface area contributed by atoms with Crippen molar-refractivity contribution in [2.45, 2.75) is 13.1 Å². The number of rotatable bonds is 2. The van der Waals surface area contributed by atoms with Gasteiger partial charge in [-0.25, -0.2) is 4.68 Å². The summed E-state index contributed by atoms with van der Waals surface area (Å²) >= 11 is 0. The predicted molar refractivity (Wildman–Crippen MR) is 87.9 cm³/mol. The summed E-state index contributed by atoms with van der Waals surface area (Å²) in [6.07, 6.45) is -4.42. The summed E-state index contributed by atoms with van der Waals surface area (Å²) in [5.41, 5.74) is 7.74. The number of nitrogen functional groups attached to an aromatic ring is 1. The molecule has 0 atom stereocenters. The molecule has 1 heterocycles. The quantitative estimate of drug-likeness (QED) is 0.754. The summed E-state index contributed by atoms with van der Waals surface area (Å²) in [7, 11) is 0. The van der Waals surface area contributed by atoms with Crippen LogP contribution >= 0.6 is 0 Å². The second-order valence-electron chi connectivity index (χ2n) is 5.54. The van der Waals surface area contributed by atoms with Crippen LogP contribution in [0.2, 0.25) is 0 Å². The van der Waals surface area contributed by atoms with Crippen LogP contribution in [0.5, 0.6) is 0 Å². The maximum atomic E-state index is 12.7. The molecule has 1 aromatic heterocycles. The van der Waals surface area contributed by atoms with E-state index in [9.17, 15) is 18.4 Å². The largest absolute Gasteiger partial charge is 0.416 e. The molecule has 2 aromatic carbocycles. The van der Waals surface area contributed by atoms with Gasteiger partial charge < -0.3 is 5.73 Å². The monoisotopic (exact) mass is 342 g/mol. The molecule has 0 saturated heterocycles. The second kappa shape index (κ2) is 5.98. The van der Waals surface area contributed by atoms with Crippen LogP contribution in [-0.2, 0) is 6.18 Å². The van der Waals surface area contributed by atoms with E-state index in [1.807, 2.05) is 25.1 Å². The summed E-state index contributed by atoms with van der Waals surface area (Å²) in [4.78, 5) is 0. The van der Waals surface area contributed by atoms with E-state index < -0.39 is 11.7 Å². The zero-order chi connectivity index (χ0) is 18.2. The minimum Gasteiger partial charge on any atom is -0.382 e. The van der Waals surface area contributed by atoms with Crippen LogP contribution in [0.3, 0.4) is 0 Å². The summed E-state index contributed by atoms with van der Waals surface area (Å²) in [5, 5.41) is 13.7. The van der Waals surface area contributed by atoms with Crippen molar-refractivity contribution in [2.75, 3.05) is 5.73 Å². The molecule has 0 bridgehead atoms. The Balaban J connectivity index is 2.10. The summed E-state index contributed by atoms with van der Waals surface area (Å²) < 4.78 is 39.5. The average molecular weight is 342 g/mol. The summed E-state index contributed by atoms with van der Waals surface area (Å²) in [6.45, 7) is 1.94. The highest BCUT2D eigenvalue weighted by Gasteiger charge is 2.30. The lowest BCUT2D eigenvalue weighted by molar-refractivity contribution is -0.137. The lowest BCUT2D eigenvalue weighted by Gasteiger charge is -2.06. The zero-order valence-electron chi connectivity index (χ0n) is 13.2. The van der Waals surface area contributed by atoms with Gasteiger partial charge in [0.1, 0.15) is 23.1 Å². The fourth-order valence-electron chi connectivity index (χ4n) is 2.44. The van der Waals surface area contributed by atoms with Gasteiger partial charge in [-0.1, -0.05) is 29.8 Å². The highest BCUT2D eigenvalue weighted by molar-refractivity contribution is 5.74. The molecule has 2 N–H and O–H groups in total. The number of aromatic nitrogens is 2. The van der Waals surface area contributed by atoms with Gasteiger partial charge in [0.25, 0.3) is 0 Å². The van der Waals surface area contributed by atoms with Crippen LogP contribution in [0.1, 0.15) is 16.7 Å². The number of anilines is 1. The van der Waals surface area contributed by atoms with Crippen molar-refractivity contribution >= 4 is 5.82 Å². The summed E-state index contributed by atoms with van der Waals surface area (Å²) in [6, 6.07) is 13.8. The molecule has 0 fully saturated rings. The van der Waals surface area contributed by atoms with Gasteiger partial charge >= 0.3 is 6.18 Å². The van der Waals surface area contributed by atoms with Crippen LogP contribution in [0.4, 0.5) is 19.0 Å². The summed E-state index contributed by atoms with van der Waals surface area (Å²) in [5.74, 6) is 0.140. The van der Waals surface area contributed by atoms with E-state index in [0.717, 1.165) is 17.7 Å². The molecule has 0 aliphatic rings. The average Bonchev–Trinajstić information content (AvgIpc) is 2.91. The first-order valence-corrected chi connectivity index (χ1v) is 7.34. The van der Waals surface area contributed by atoms with E-state index in [1.54, 1.807) is 12.1 Å². The number of nitrogens with zero attached hydrogens (tertiary/aromatic N) is 3. The molecule has 4 nitrogen and oxygen atoms in total. The van der Waals surface area contributed by atoms with Crippen LogP contribution < -0.4 is 5.73 Å². The Labute approximate surface area is 141 Å². The van der Waals surface area contributed by atoms with Crippen molar-refractivity contribution in [1.82, 2.24) is 9.78 Å². The number of hydrogen-bond acceptors (Lipinski definition) is 3. The van der Waals surface area contributed by atoms with E-state index in [4.69, 9.17) is 5.73 Å². The number of halogens is 3. The fourth-order valence-corrected chi connectivity index (χ4v) is 2.44. The van der Waals surface area contributed by atoms with Crippen molar-refractivity contribution in [3.05, 3.63) is 65.2 Å². The first kappa shape index (κ1) is 16.6. The Morgan fingerprint density at radius 2 is 1.64 bits per heavy atom. The topological polar surface area (TPSA) is 67.6 Å². The lowest BCUT2D eigenvalue weighted by atomic mass is 10.1. The number of alkyl halides is 3. The number of aryl methyl sites for hydroxylation is 1. The van der Waals surface area contributed by atoms with Gasteiger partial charge in [0.05, 0.1) is 11.3 Å². The predicted octanol–water partition coefficient (Wildman–Crippen LogP) is 4.32. The highest BCUT2D eigenvalue weighted by atomic mass is 19.4. The van der Waals surface area contributed by atoms with Gasteiger partial charge in [0, 0.05) is 5.56 Å². The van der Waals surface area contributed by atoms with E-state index in [0.29, 0.717) is 11.3 Å². The molecule has 7 heteroatoms. The SMILES string of the molecule is Cc1ccc(-n2nc(-c3ccc(C(F)(F)F)cc3)c(C#N)c2N)cc1. The molecule has 25 heavy (non-hydrogen) atoms. The number of nitrogens with two attached hydrogens (primary N) is 1. The normalized spacial score (nSPS) is 11.3. The van der Waals surface area contributed by atoms with Gasteiger partial charge in [-0.3, -0.25) is 0 Å². The Morgan fingerprint density at radius 3 is 2.16 bits per heavy atom. The van der Waals surface area contributed by atoms with Crippen molar-refractivity contribution in [2.24, 2.45) is 0 Å². The Hall–Kier alpha value is -3.27.